The molecule has 1 amide bonds. The van der Waals surface area contributed by atoms with E-state index >= 15 is 0 Å². The Balaban J connectivity index is 3.01. The van der Waals surface area contributed by atoms with Crippen molar-refractivity contribution in [1.82, 2.24) is 5.32 Å². The van der Waals surface area contributed by atoms with E-state index in [1.807, 2.05) is 0 Å². The zero-order chi connectivity index (χ0) is 14.7. The lowest BCUT2D eigenvalue weighted by atomic mass is 10.00. The number of halogens is 4. The Morgan fingerprint density at radius 1 is 1.26 bits per heavy atom. The van der Waals surface area contributed by atoms with Crippen LogP contribution in [0.3, 0.4) is 0 Å². The normalized spacial score (nSPS) is 12.3. The van der Waals surface area contributed by atoms with Gasteiger partial charge < -0.3 is 5.32 Å². The summed E-state index contributed by atoms with van der Waals surface area (Å²) in [6.07, 6.45) is -4.08. The standard InChI is InChI=1S/C13H15ClF3NO/c1-12(2,7-8-14)18-11(19)9-5-3-4-6-10(9)13(15,16)17/h3-6H,7-8H2,1-2H3,(H,18,19). The predicted molar refractivity (Wildman–Crippen MR) is 68.3 cm³/mol. The number of nitrogens with one attached hydrogen (secondary N) is 1. The summed E-state index contributed by atoms with van der Waals surface area (Å²) in [4.78, 5) is 11.9. The van der Waals surface area contributed by atoms with Crippen molar-refractivity contribution in [3.8, 4) is 0 Å². The van der Waals surface area contributed by atoms with Crippen LogP contribution in [-0.4, -0.2) is 17.3 Å². The minimum atomic E-state index is -4.55. The molecule has 1 aromatic rings. The second kappa shape index (κ2) is 5.82. The Hall–Kier alpha value is -1.23. The number of amides is 1. The summed E-state index contributed by atoms with van der Waals surface area (Å²) in [6.45, 7) is 3.42. The van der Waals surface area contributed by atoms with Crippen LogP contribution in [0.15, 0.2) is 24.3 Å². The summed E-state index contributed by atoms with van der Waals surface area (Å²) in [5.74, 6) is -0.433. The van der Waals surface area contributed by atoms with Gasteiger partial charge in [0.1, 0.15) is 0 Å². The van der Waals surface area contributed by atoms with E-state index in [1.165, 1.54) is 12.1 Å². The van der Waals surface area contributed by atoms with Crippen LogP contribution in [0.1, 0.15) is 36.2 Å². The van der Waals surface area contributed by atoms with Crippen LogP contribution in [0.5, 0.6) is 0 Å². The van der Waals surface area contributed by atoms with Gasteiger partial charge in [0.2, 0.25) is 0 Å². The highest BCUT2D eigenvalue weighted by molar-refractivity contribution is 6.17. The molecule has 0 unspecified atom stereocenters. The summed E-state index contributed by atoms with van der Waals surface area (Å²) >= 11 is 5.59. The molecule has 0 saturated carbocycles. The van der Waals surface area contributed by atoms with Crippen LogP contribution < -0.4 is 5.32 Å². The van der Waals surface area contributed by atoms with Gasteiger partial charge in [-0.05, 0) is 32.4 Å². The molecule has 0 saturated heterocycles. The molecule has 1 rings (SSSR count). The van der Waals surface area contributed by atoms with Crippen molar-refractivity contribution in [2.24, 2.45) is 0 Å². The fraction of sp³-hybridized carbons (Fsp3) is 0.462. The number of benzene rings is 1. The molecule has 0 aliphatic heterocycles. The summed E-state index contributed by atoms with van der Waals surface area (Å²) < 4.78 is 38.4. The highest BCUT2D eigenvalue weighted by atomic mass is 35.5. The first-order valence-electron chi connectivity index (χ1n) is 5.72. The Morgan fingerprint density at radius 3 is 2.37 bits per heavy atom. The molecule has 19 heavy (non-hydrogen) atoms. The molecular formula is C13H15ClF3NO. The molecule has 0 radical (unpaired) electrons. The Bertz CT molecular complexity index is 457. The Labute approximate surface area is 114 Å². The first kappa shape index (κ1) is 15.8. The number of carbonyl (C=O) groups excluding carboxylic acids is 1. The van der Waals surface area contributed by atoms with E-state index in [0.717, 1.165) is 12.1 Å². The molecule has 0 heterocycles. The summed E-state index contributed by atoms with van der Waals surface area (Å²) in [6, 6.07) is 4.71. The average Bonchev–Trinajstić information content (AvgIpc) is 2.27. The second-order valence-corrected chi connectivity index (χ2v) is 5.20. The van der Waals surface area contributed by atoms with E-state index in [0.29, 0.717) is 12.3 Å². The van der Waals surface area contributed by atoms with Gasteiger partial charge in [0, 0.05) is 11.4 Å². The van der Waals surface area contributed by atoms with Crippen LogP contribution in [0.25, 0.3) is 0 Å². The third-order valence-electron chi connectivity index (χ3n) is 2.65. The van der Waals surface area contributed by atoms with E-state index in [1.54, 1.807) is 13.8 Å². The smallest absolute Gasteiger partial charge is 0.347 e. The van der Waals surface area contributed by atoms with Crippen molar-refractivity contribution in [3.05, 3.63) is 35.4 Å². The molecule has 0 bridgehead atoms. The van der Waals surface area contributed by atoms with Crippen molar-refractivity contribution < 1.29 is 18.0 Å². The van der Waals surface area contributed by atoms with Crippen molar-refractivity contribution in [1.29, 1.82) is 0 Å². The third-order valence-corrected chi connectivity index (χ3v) is 2.84. The van der Waals surface area contributed by atoms with Crippen molar-refractivity contribution in [3.63, 3.8) is 0 Å². The molecule has 0 atom stereocenters. The van der Waals surface area contributed by atoms with Crippen molar-refractivity contribution in [2.45, 2.75) is 32.0 Å². The van der Waals surface area contributed by atoms with Gasteiger partial charge in [0.05, 0.1) is 11.1 Å². The molecule has 0 aliphatic carbocycles. The fourth-order valence-corrected chi connectivity index (χ4v) is 2.07. The topological polar surface area (TPSA) is 29.1 Å². The van der Waals surface area contributed by atoms with Crippen LogP contribution in [0.4, 0.5) is 13.2 Å². The van der Waals surface area contributed by atoms with Gasteiger partial charge in [-0.25, -0.2) is 0 Å². The number of hydrogen-bond acceptors (Lipinski definition) is 1. The zero-order valence-corrected chi connectivity index (χ0v) is 11.4. The van der Waals surface area contributed by atoms with Gasteiger partial charge in [0.25, 0.3) is 5.91 Å². The lowest BCUT2D eigenvalue weighted by Gasteiger charge is -2.26. The van der Waals surface area contributed by atoms with E-state index in [4.69, 9.17) is 11.6 Å². The van der Waals surface area contributed by atoms with Crippen LogP contribution >= 0.6 is 11.6 Å². The maximum atomic E-state index is 12.8. The van der Waals surface area contributed by atoms with Crippen LogP contribution in [0.2, 0.25) is 0 Å². The number of alkyl halides is 4. The minimum Gasteiger partial charge on any atom is -0.347 e. The maximum Gasteiger partial charge on any atom is 0.417 e. The van der Waals surface area contributed by atoms with Crippen LogP contribution in [0, 0.1) is 0 Å². The van der Waals surface area contributed by atoms with E-state index in [-0.39, 0.29) is 5.56 Å². The maximum absolute atomic E-state index is 12.8. The predicted octanol–water partition coefficient (Wildman–Crippen LogP) is 3.84. The molecule has 0 fully saturated rings. The summed E-state index contributed by atoms with van der Waals surface area (Å²) in [5.41, 5.74) is -1.97. The highest BCUT2D eigenvalue weighted by Gasteiger charge is 2.35. The molecular weight excluding hydrogens is 279 g/mol. The molecule has 6 heteroatoms. The average molecular weight is 294 g/mol. The molecule has 0 aromatic heterocycles. The lowest BCUT2D eigenvalue weighted by Crippen LogP contribution is -2.44. The van der Waals surface area contributed by atoms with Gasteiger partial charge in [-0.15, -0.1) is 11.6 Å². The Kier molecular flexibility index (Phi) is 4.85. The number of hydrogen-bond donors (Lipinski definition) is 1. The second-order valence-electron chi connectivity index (χ2n) is 4.82. The monoisotopic (exact) mass is 293 g/mol. The SMILES string of the molecule is CC(C)(CCCl)NC(=O)c1ccccc1C(F)(F)F. The fourth-order valence-electron chi connectivity index (χ4n) is 1.60. The molecule has 2 nitrogen and oxygen atoms in total. The van der Waals surface area contributed by atoms with Gasteiger partial charge in [-0.2, -0.15) is 13.2 Å². The molecule has 0 aliphatic rings. The van der Waals surface area contributed by atoms with Crippen molar-refractivity contribution in [2.75, 3.05) is 5.88 Å². The molecule has 1 N–H and O–H groups in total. The Morgan fingerprint density at radius 2 is 1.84 bits per heavy atom. The van der Waals surface area contributed by atoms with E-state index in [9.17, 15) is 18.0 Å². The summed E-state index contributed by atoms with van der Waals surface area (Å²) in [7, 11) is 0. The van der Waals surface area contributed by atoms with Crippen LogP contribution in [-0.2, 0) is 6.18 Å². The highest BCUT2D eigenvalue weighted by Crippen LogP contribution is 2.32. The molecule has 1 aromatic carbocycles. The van der Waals surface area contributed by atoms with Crippen molar-refractivity contribution >= 4 is 17.5 Å². The van der Waals surface area contributed by atoms with Gasteiger partial charge in [0.15, 0.2) is 0 Å². The first-order valence-corrected chi connectivity index (χ1v) is 6.25. The van der Waals surface area contributed by atoms with Gasteiger partial charge in [-0.1, -0.05) is 12.1 Å². The number of carbonyl (C=O) groups is 1. The quantitative estimate of drug-likeness (QED) is 0.840. The van der Waals surface area contributed by atoms with E-state index < -0.39 is 23.2 Å². The summed E-state index contributed by atoms with van der Waals surface area (Å²) in [5, 5.41) is 2.56. The van der Waals surface area contributed by atoms with E-state index in [2.05, 4.69) is 5.32 Å². The zero-order valence-electron chi connectivity index (χ0n) is 10.6. The van der Waals surface area contributed by atoms with Gasteiger partial charge >= 0.3 is 6.18 Å². The number of rotatable bonds is 4. The minimum absolute atomic E-state index is 0.314. The largest absolute Gasteiger partial charge is 0.417 e. The molecule has 0 spiro atoms. The lowest BCUT2D eigenvalue weighted by molar-refractivity contribution is -0.137. The third kappa shape index (κ3) is 4.42. The first-order chi connectivity index (χ1) is 8.67. The molecule has 106 valence electrons. The van der Waals surface area contributed by atoms with Gasteiger partial charge in [-0.3, -0.25) is 4.79 Å².